The van der Waals surface area contributed by atoms with Gasteiger partial charge in [-0.15, -0.1) is 0 Å². The number of hydrogen-bond donors (Lipinski definition) is 1. The van der Waals surface area contributed by atoms with Crippen LogP contribution in [0.1, 0.15) is 6.92 Å². The summed E-state index contributed by atoms with van der Waals surface area (Å²) in [5.74, 6) is -0.944. The zero-order chi connectivity index (χ0) is 12.8. The first-order chi connectivity index (χ1) is 8.02. The molecule has 1 N–H and O–H groups in total. The second-order valence-corrected chi connectivity index (χ2v) is 4.49. The Labute approximate surface area is 107 Å². The smallest absolute Gasteiger partial charge is 0.325 e. The van der Waals surface area contributed by atoms with E-state index in [4.69, 9.17) is 0 Å². The minimum atomic E-state index is -0.465. The van der Waals surface area contributed by atoms with Gasteiger partial charge in [0, 0.05) is 6.20 Å². The van der Waals surface area contributed by atoms with E-state index in [1.807, 2.05) is 0 Å². The number of methoxy groups -OCH3 is 1. The van der Waals surface area contributed by atoms with Crippen LogP contribution in [-0.2, 0) is 20.9 Å². The molecule has 0 aliphatic heterocycles. The van der Waals surface area contributed by atoms with Crippen LogP contribution in [0.2, 0.25) is 0 Å². The van der Waals surface area contributed by atoms with Crippen molar-refractivity contribution in [1.29, 1.82) is 0 Å². The van der Waals surface area contributed by atoms with Crippen molar-refractivity contribution >= 4 is 27.8 Å². The first-order valence-corrected chi connectivity index (χ1v) is 5.84. The maximum atomic E-state index is 11.6. The van der Waals surface area contributed by atoms with Gasteiger partial charge in [-0.25, -0.2) is 0 Å². The van der Waals surface area contributed by atoms with Gasteiger partial charge in [0.1, 0.15) is 6.54 Å². The van der Waals surface area contributed by atoms with E-state index in [9.17, 15) is 9.59 Å². The molecule has 0 fully saturated rings. The van der Waals surface area contributed by atoms with Crippen LogP contribution in [0, 0.1) is 5.92 Å². The first-order valence-electron chi connectivity index (χ1n) is 5.05. The predicted molar refractivity (Wildman–Crippen MR) is 64.1 cm³/mol. The van der Waals surface area contributed by atoms with E-state index >= 15 is 0 Å². The number of ether oxygens (including phenoxy) is 1. The Morgan fingerprint density at radius 3 is 2.88 bits per heavy atom. The van der Waals surface area contributed by atoms with E-state index in [0.717, 1.165) is 4.47 Å². The van der Waals surface area contributed by atoms with Gasteiger partial charge in [-0.05, 0) is 15.9 Å². The van der Waals surface area contributed by atoms with E-state index in [0.29, 0.717) is 6.54 Å². The van der Waals surface area contributed by atoms with Crippen molar-refractivity contribution in [3.8, 4) is 0 Å². The van der Waals surface area contributed by atoms with Gasteiger partial charge < -0.3 is 10.1 Å². The molecule has 1 heterocycles. The lowest BCUT2D eigenvalue weighted by Crippen LogP contribution is -2.35. The third kappa shape index (κ3) is 4.56. The molecule has 1 amide bonds. The third-order valence-electron chi connectivity index (χ3n) is 2.14. The van der Waals surface area contributed by atoms with Crippen molar-refractivity contribution in [2.45, 2.75) is 13.5 Å². The van der Waals surface area contributed by atoms with Crippen LogP contribution >= 0.6 is 15.9 Å². The van der Waals surface area contributed by atoms with Crippen molar-refractivity contribution in [2.75, 3.05) is 13.7 Å². The Balaban J connectivity index is 2.39. The summed E-state index contributed by atoms with van der Waals surface area (Å²) >= 11 is 3.27. The number of esters is 1. The number of amides is 1. The Kier molecular flexibility index (Phi) is 5.14. The number of hydrogen-bond acceptors (Lipinski definition) is 4. The van der Waals surface area contributed by atoms with Gasteiger partial charge in [-0.3, -0.25) is 14.3 Å². The third-order valence-corrected chi connectivity index (χ3v) is 2.55. The molecule has 0 radical (unpaired) electrons. The van der Waals surface area contributed by atoms with Gasteiger partial charge in [0.05, 0.1) is 30.2 Å². The molecule has 1 unspecified atom stereocenters. The number of rotatable bonds is 5. The number of nitrogens with one attached hydrogen (secondary N) is 1. The molecule has 17 heavy (non-hydrogen) atoms. The molecule has 1 aromatic rings. The lowest BCUT2D eigenvalue weighted by Gasteiger charge is -2.11. The van der Waals surface area contributed by atoms with Crippen LogP contribution in [0.5, 0.6) is 0 Å². The van der Waals surface area contributed by atoms with Gasteiger partial charge in [0.15, 0.2) is 0 Å². The standard InChI is InChI=1S/C10H14BrN3O3/c1-7(5-14-6-8(11)3-13-14)10(16)12-4-9(15)17-2/h3,6-7H,4-5H2,1-2H3,(H,12,16). The highest BCUT2D eigenvalue weighted by molar-refractivity contribution is 9.10. The molecule has 0 aliphatic rings. The van der Waals surface area contributed by atoms with Crippen LogP contribution in [0.15, 0.2) is 16.9 Å². The molecule has 94 valence electrons. The van der Waals surface area contributed by atoms with E-state index in [-0.39, 0.29) is 18.4 Å². The fraction of sp³-hybridized carbons (Fsp3) is 0.500. The zero-order valence-electron chi connectivity index (χ0n) is 9.64. The summed E-state index contributed by atoms with van der Waals surface area (Å²) < 4.78 is 6.94. The Bertz CT molecular complexity index is 405. The normalized spacial score (nSPS) is 11.9. The highest BCUT2D eigenvalue weighted by Gasteiger charge is 2.14. The Morgan fingerprint density at radius 1 is 1.65 bits per heavy atom. The van der Waals surface area contributed by atoms with Crippen LogP contribution in [-0.4, -0.2) is 35.3 Å². The van der Waals surface area contributed by atoms with E-state index in [1.54, 1.807) is 24.0 Å². The van der Waals surface area contributed by atoms with Crippen LogP contribution in [0.3, 0.4) is 0 Å². The molecule has 0 aromatic carbocycles. The average Bonchev–Trinajstić information content (AvgIpc) is 2.70. The molecule has 0 saturated carbocycles. The molecule has 0 aliphatic carbocycles. The Hall–Kier alpha value is -1.37. The van der Waals surface area contributed by atoms with E-state index in [1.165, 1.54) is 7.11 Å². The Morgan fingerprint density at radius 2 is 2.35 bits per heavy atom. The fourth-order valence-corrected chi connectivity index (χ4v) is 1.54. The number of nitrogens with zero attached hydrogens (tertiary/aromatic N) is 2. The second kappa shape index (κ2) is 6.39. The number of carbonyl (C=O) groups is 2. The van der Waals surface area contributed by atoms with Crippen LogP contribution in [0.25, 0.3) is 0 Å². The zero-order valence-corrected chi connectivity index (χ0v) is 11.2. The average molecular weight is 304 g/mol. The van der Waals surface area contributed by atoms with Gasteiger partial charge in [0.25, 0.3) is 0 Å². The number of carbonyl (C=O) groups excluding carboxylic acids is 2. The monoisotopic (exact) mass is 303 g/mol. The topological polar surface area (TPSA) is 73.2 Å². The maximum Gasteiger partial charge on any atom is 0.325 e. The predicted octanol–water partition coefficient (Wildman–Crippen LogP) is 0.571. The summed E-state index contributed by atoms with van der Waals surface area (Å²) in [6, 6.07) is 0. The minimum absolute atomic E-state index is 0.109. The molecule has 1 rings (SSSR count). The van der Waals surface area contributed by atoms with Crippen molar-refractivity contribution in [1.82, 2.24) is 15.1 Å². The summed E-state index contributed by atoms with van der Waals surface area (Å²) in [7, 11) is 1.28. The quantitative estimate of drug-likeness (QED) is 0.807. The van der Waals surface area contributed by atoms with E-state index in [2.05, 4.69) is 31.1 Å². The first kappa shape index (κ1) is 13.7. The second-order valence-electron chi connectivity index (χ2n) is 3.58. The van der Waals surface area contributed by atoms with Crippen molar-refractivity contribution in [2.24, 2.45) is 5.92 Å². The maximum absolute atomic E-state index is 11.6. The van der Waals surface area contributed by atoms with Gasteiger partial charge in [0.2, 0.25) is 5.91 Å². The molecule has 1 atom stereocenters. The summed E-state index contributed by atoms with van der Waals surface area (Å²) in [4.78, 5) is 22.4. The lowest BCUT2D eigenvalue weighted by atomic mass is 10.1. The summed E-state index contributed by atoms with van der Waals surface area (Å²) in [5.41, 5.74) is 0. The molecule has 0 bridgehead atoms. The summed E-state index contributed by atoms with van der Waals surface area (Å²) in [5, 5.41) is 6.54. The van der Waals surface area contributed by atoms with E-state index < -0.39 is 5.97 Å². The van der Waals surface area contributed by atoms with Crippen molar-refractivity contribution in [3.63, 3.8) is 0 Å². The summed E-state index contributed by atoms with van der Waals surface area (Å²) in [6.07, 6.45) is 3.43. The number of halogens is 1. The molecule has 6 nitrogen and oxygen atoms in total. The van der Waals surface area contributed by atoms with Crippen molar-refractivity contribution in [3.05, 3.63) is 16.9 Å². The molecule has 0 saturated heterocycles. The number of aromatic nitrogens is 2. The van der Waals surface area contributed by atoms with Gasteiger partial charge >= 0.3 is 5.97 Å². The molecule has 0 spiro atoms. The highest BCUT2D eigenvalue weighted by Crippen LogP contribution is 2.08. The fourth-order valence-electron chi connectivity index (χ4n) is 1.21. The van der Waals surface area contributed by atoms with Gasteiger partial charge in [-0.1, -0.05) is 6.92 Å². The van der Waals surface area contributed by atoms with Crippen LogP contribution in [0.4, 0.5) is 0 Å². The molecular formula is C10H14BrN3O3. The molecule has 1 aromatic heterocycles. The van der Waals surface area contributed by atoms with Crippen LogP contribution < -0.4 is 5.32 Å². The SMILES string of the molecule is COC(=O)CNC(=O)C(C)Cn1cc(Br)cn1. The molecule has 7 heteroatoms. The van der Waals surface area contributed by atoms with Crippen molar-refractivity contribution < 1.29 is 14.3 Å². The van der Waals surface area contributed by atoms with Gasteiger partial charge in [-0.2, -0.15) is 5.10 Å². The molecular weight excluding hydrogens is 290 g/mol. The largest absolute Gasteiger partial charge is 0.468 e. The minimum Gasteiger partial charge on any atom is -0.468 e. The summed E-state index contributed by atoms with van der Waals surface area (Å²) in [6.45, 7) is 2.11. The lowest BCUT2D eigenvalue weighted by molar-refractivity contribution is -0.141. The highest BCUT2D eigenvalue weighted by atomic mass is 79.9.